The fourth-order valence-corrected chi connectivity index (χ4v) is 9.95. The van der Waals surface area contributed by atoms with Crippen LogP contribution in [0, 0.1) is 22.7 Å². The lowest BCUT2D eigenvalue weighted by Gasteiger charge is -2.55. The van der Waals surface area contributed by atoms with E-state index in [0.29, 0.717) is 23.3 Å². The van der Waals surface area contributed by atoms with Crippen LogP contribution in [0.2, 0.25) is 0 Å². The van der Waals surface area contributed by atoms with E-state index in [1.807, 2.05) is 13.3 Å². The number of allylic oxidation sites excluding steroid dienone is 4. The molecule has 194 valence electrons. The maximum absolute atomic E-state index is 7.54. The van der Waals surface area contributed by atoms with Gasteiger partial charge in [-0.05, 0) is 105 Å². The zero-order chi connectivity index (χ0) is 24.8. The molecule has 2 saturated carbocycles. The minimum Gasteiger partial charge on any atom is -0.380 e. The first-order valence-electron chi connectivity index (χ1n) is 14.5. The van der Waals surface area contributed by atoms with Gasteiger partial charge in [-0.1, -0.05) is 37.3 Å². The first kappa shape index (κ1) is 23.6. The first-order valence-corrected chi connectivity index (χ1v) is 14.5. The molecular formula is C32H44N2O2. The molecule has 3 saturated heterocycles. The highest BCUT2D eigenvalue weighted by atomic mass is 16.5. The third-order valence-corrected chi connectivity index (χ3v) is 11.7. The SMILES string of the molecule is C=C(C=NC)/C=C(\C)C1CC[C@@H]2C1(C)CC=C1C=C3CCC(N4CCC5(COC5)C4)C[C@]34CC[C@@]12O4. The lowest BCUT2D eigenvalue weighted by Crippen LogP contribution is -2.55. The molecule has 0 aromatic carbocycles. The van der Waals surface area contributed by atoms with Crippen LogP contribution in [0.1, 0.15) is 71.6 Å². The molecule has 0 amide bonds. The number of fused-ring (bicyclic) bond motifs is 1. The van der Waals surface area contributed by atoms with Gasteiger partial charge < -0.3 is 9.47 Å². The highest BCUT2D eigenvalue weighted by Crippen LogP contribution is 2.68. The Morgan fingerprint density at radius 3 is 2.81 bits per heavy atom. The van der Waals surface area contributed by atoms with Gasteiger partial charge in [0, 0.05) is 31.3 Å². The molecule has 0 N–H and O–H groups in total. The van der Waals surface area contributed by atoms with Crippen molar-refractivity contribution >= 4 is 6.21 Å². The van der Waals surface area contributed by atoms with Crippen molar-refractivity contribution in [1.82, 2.24) is 4.90 Å². The third-order valence-electron chi connectivity index (χ3n) is 11.7. The van der Waals surface area contributed by atoms with Crippen molar-refractivity contribution in [3.05, 3.63) is 47.1 Å². The largest absolute Gasteiger partial charge is 0.380 e. The molecule has 4 heterocycles. The van der Waals surface area contributed by atoms with E-state index in [4.69, 9.17) is 9.47 Å². The molecule has 4 aliphatic heterocycles. The zero-order valence-electron chi connectivity index (χ0n) is 22.7. The molecule has 6 atom stereocenters. The molecule has 3 spiro atoms. The fraction of sp³-hybridized carbons (Fsp3) is 0.719. The Labute approximate surface area is 217 Å². The molecule has 0 aromatic heterocycles. The molecular weight excluding hydrogens is 444 g/mol. The Kier molecular flexibility index (Phi) is 5.25. The fourth-order valence-electron chi connectivity index (χ4n) is 9.95. The molecule has 36 heavy (non-hydrogen) atoms. The molecule has 3 unspecified atom stereocenters. The Morgan fingerprint density at radius 1 is 1.19 bits per heavy atom. The Balaban J connectivity index is 1.16. The van der Waals surface area contributed by atoms with Gasteiger partial charge in [0.15, 0.2) is 0 Å². The van der Waals surface area contributed by atoms with Gasteiger partial charge in [-0.25, -0.2) is 0 Å². The van der Waals surface area contributed by atoms with Gasteiger partial charge in [0.25, 0.3) is 0 Å². The monoisotopic (exact) mass is 488 g/mol. The van der Waals surface area contributed by atoms with Crippen molar-refractivity contribution in [3.8, 4) is 0 Å². The summed E-state index contributed by atoms with van der Waals surface area (Å²) < 4.78 is 13.2. The number of hydrogen-bond acceptors (Lipinski definition) is 4. The van der Waals surface area contributed by atoms with Crippen molar-refractivity contribution in [3.63, 3.8) is 0 Å². The summed E-state index contributed by atoms with van der Waals surface area (Å²) in [7, 11) is 1.82. The quantitative estimate of drug-likeness (QED) is 0.357. The Morgan fingerprint density at radius 2 is 2.06 bits per heavy atom. The number of ether oxygens (including phenoxy) is 2. The van der Waals surface area contributed by atoms with Crippen LogP contribution in [0.5, 0.6) is 0 Å². The summed E-state index contributed by atoms with van der Waals surface area (Å²) in [5.74, 6) is 1.19. The van der Waals surface area contributed by atoms with E-state index in [1.165, 1.54) is 82.0 Å². The topological polar surface area (TPSA) is 34.1 Å². The summed E-state index contributed by atoms with van der Waals surface area (Å²) in [5, 5.41) is 0. The van der Waals surface area contributed by atoms with Crippen LogP contribution >= 0.6 is 0 Å². The molecule has 4 heteroatoms. The smallest absolute Gasteiger partial charge is 0.0974 e. The predicted octanol–water partition coefficient (Wildman–Crippen LogP) is 6.05. The first-order chi connectivity index (χ1) is 17.3. The average Bonchev–Trinajstić information content (AvgIpc) is 3.51. The second-order valence-corrected chi connectivity index (χ2v) is 13.7. The second-order valence-electron chi connectivity index (χ2n) is 13.7. The van der Waals surface area contributed by atoms with Crippen LogP contribution < -0.4 is 0 Å². The van der Waals surface area contributed by atoms with E-state index in [1.54, 1.807) is 5.57 Å². The van der Waals surface area contributed by atoms with Crippen LogP contribution in [0.15, 0.2) is 52.1 Å². The average molecular weight is 489 g/mol. The summed E-state index contributed by atoms with van der Waals surface area (Å²) in [5.41, 5.74) is 6.27. The Hall–Kier alpha value is -1.49. The van der Waals surface area contributed by atoms with Gasteiger partial charge in [-0.15, -0.1) is 0 Å². The standard InChI is InChI=1S/C32H44N2O2/c1-22(18-33-4)15-23(2)27-7-8-28-29(27,3)10-9-25-16-24-5-6-26(17-31(24)11-12-32(25,28)36-31)34-14-13-30(19-34)20-35-21-30/h9,15-16,18,26-28H,1,5-8,10-14,17,19-21H2,2-4H3/b23-15+,33-18?/t26?,27?,28-,29?,31-,32-/m1/s1. The van der Waals surface area contributed by atoms with E-state index in [0.717, 1.165) is 18.8 Å². The molecule has 2 bridgehead atoms. The summed E-state index contributed by atoms with van der Waals surface area (Å²) >= 11 is 0. The van der Waals surface area contributed by atoms with Crippen molar-refractivity contribution in [2.24, 2.45) is 27.7 Å². The summed E-state index contributed by atoms with van der Waals surface area (Å²) in [6.07, 6.45) is 20.5. The van der Waals surface area contributed by atoms with Gasteiger partial charge in [0.2, 0.25) is 0 Å². The zero-order valence-corrected chi connectivity index (χ0v) is 22.7. The van der Waals surface area contributed by atoms with Gasteiger partial charge in [0.1, 0.15) is 0 Å². The lowest BCUT2D eigenvalue weighted by atomic mass is 9.58. The molecule has 3 aliphatic carbocycles. The van der Waals surface area contributed by atoms with Crippen LogP contribution in [-0.4, -0.2) is 61.7 Å². The van der Waals surface area contributed by atoms with E-state index < -0.39 is 0 Å². The molecule has 7 rings (SSSR count). The molecule has 7 aliphatic rings. The van der Waals surface area contributed by atoms with Crippen molar-refractivity contribution in [1.29, 1.82) is 0 Å². The highest BCUT2D eigenvalue weighted by Gasteiger charge is 2.66. The molecule has 0 radical (unpaired) electrons. The number of nitrogens with zero attached hydrogens (tertiary/aromatic N) is 2. The minimum atomic E-state index is -0.0661. The maximum Gasteiger partial charge on any atom is 0.0974 e. The lowest BCUT2D eigenvalue weighted by molar-refractivity contribution is -0.143. The second kappa shape index (κ2) is 8.01. The van der Waals surface area contributed by atoms with Crippen LogP contribution in [0.3, 0.4) is 0 Å². The van der Waals surface area contributed by atoms with Crippen molar-refractivity contribution < 1.29 is 9.47 Å². The third kappa shape index (κ3) is 3.20. The molecule has 4 nitrogen and oxygen atoms in total. The van der Waals surface area contributed by atoms with E-state index in [9.17, 15) is 0 Å². The maximum atomic E-state index is 7.54. The van der Waals surface area contributed by atoms with Crippen molar-refractivity contribution in [2.45, 2.75) is 88.9 Å². The summed E-state index contributed by atoms with van der Waals surface area (Å²) in [6.45, 7) is 13.5. The highest BCUT2D eigenvalue weighted by molar-refractivity contribution is 5.81. The van der Waals surface area contributed by atoms with Gasteiger partial charge in [-0.2, -0.15) is 0 Å². The van der Waals surface area contributed by atoms with Crippen LogP contribution in [0.25, 0.3) is 0 Å². The predicted molar refractivity (Wildman–Crippen MR) is 145 cm³/mol. The number of aliphatic imine (C=N–C) groups is 1. The number of rotatable bonds is 4. The van der Waals surface area contributed by atoms with E-state index >= 15 is 0 Å². The number of likely N-dealkylation sites (tertiary alicyclic amines) is 1. The van der Waals surface area contributed by atoms with Crippen LogP contribution in [-0.2, 0) is 9.47 Å². The normalized spacial score (nSPS) is 45.2. The van der Waals surface area contributed by atoms with Gasteiger partial charge >= 0.3 is 0 Å². The summed E-state index contributed by atoms with van der Waals surface area (Å²) in [6, 6.07) is 0.672. The van der Waals surface area contributed by atoms with Gasteiger partial charge in [0.05, 0.1) is 24.4 Å². The molecule has 0 aromatic rings. The summed E-state index contributed by atoms with van der Waals surface area (Å²) in [4.78, 5) is 6.98. The van der Waals surface area contributed by atoms with E-state index in [-0.39, 0.29) is 16.6 Å². The van der Waals surface area contributed by atoms with Gasteiger partial charge in [-0.3, -0.25) is 9.89 Å². The Bertz CT molecular complexity index is 1100. The molecule has 5 fully saturated rings. The van der Waals surface area contributed by atoms with Crippen molar-refractivity contribution in [2.75, 3.05) is 33.4 Å². The van der Waals surface area contributed by atoms with Crippen LogP contribution in [0.4, 0.5) is 0 Å². The van der Waals surface area contributed by atoms with E-state index in [2.05, 4.69) is 48.5 Å². The number of hydrogen-bond donors (Lipinski definition) is 0. The minimum absolute atomic E-state index is 0.0147.